The first-order valence-electron chi connectivity index (χ1n) is 8.13. The maximum Gasteiger partial charge on any atom is 0.0776 e. The SMILES string of the molecule is C[Si](C)(C)c1ccc2cc3cc([Si](C)(C)C)ccc3cc2c1. The lowest BCUT2D eigenvalue weighted by Gasteiger charge is -2.18. The molecule has 0 atom stereocenters. The summed E-state index contributed by atoms with van der Waals surface area (Å²) < 4.78 is 0. The zero-order valence-corrected chi connectivity index (χ0v) is 16.6. The van der Waals surface area contributed by atoms with Gasteiger partial charge in [0, 0.05) is 0 Å². The average molecular weight is 323 g/mol. The largest absolute Gasteiger partial charge is 0.0776 e. The summed E-state index contributed by atoms with van der Waals surface area (Å²) in [5.41, 5.74) is 0. The van der Waals surface area contributed by atoms with E-state index in [1.807, 2.05) is 0 Å². The van der Waals surface area contributed by atoms with Crippen molar-refractivity contribution in [2.24, 2.45) is 0 Å². The van der Waals surface area contributed by atoms with E-state index in [2.05, 4.69) is 87.8 Å². The third-order valence-corrected chi connectivity index (χ3v) is 8.61. The smallest absolute Gasteiger partial charge is 0.0656 e. The average Bonchev–Trinajstić information content (AvgIpc) is 2.41. The molecule has 0 spiro atoms. The molecule has 0 saturated heterocycles. The van der Waals surface area contributed by atoms with E-state index in [1.54, 1.807) is 0 Å². The molecule has 3 aromatic rings. The maximum absolute atomic E-state index is 2.41. The van der Waals surface area contributed by atoms with Crippen molar-refractivity contribution in [3.63, 3.8) is 0 Å². The van der Waals surface area contributed by atoms with Gasteiger partial charge in [-0.1, -0.05) is 86.1 Å². The lowest BCUT2D eigenvalue weighted by Crippen LogP contribution is -2.37. The monoisotopic (exact) mass is 322 g/mol. The lowest BCUT2D eigenvalue weighted by molar-refractivity contribution is 1.70. The van der Waals surface area contributed by atoms with Gasteiger partial charge in [0.15, 0.2) is 0 Å². The standard InChI is InChI=1S/C20H26Si2/c1-21(2,3)19-9-7-15-12-18-14-20(22(4,5)6)10-8-16(18)11-17(15)13-19/h7-14H,1-6H3. The maximum atomic E-state index is 2.41. The van der Waals surface area contributed by atoms with Crippen LogP contribution in [0.2, 0.25) is 39.3 Å². The summed E-state index contributed by atoms with van der Waals surface area (Å²) in [5, 5.41) is 8.57. The Kier molecular flexibility index (Phi) is 3.57. The molecule has 0 fully saturated rings. The van der Waals surface area contributed by atoms with Gasteiger partial charge in [0.25, 0.3) is 0 Å². The van der Waals surface area contributed by atoms with Crippen molar-refractivity contribution in [2.75, 3.05) is 0 Å². The fourth-order valence-electron chi connectivity index (χ4n) is 2.93. The van der Waals surface area contributed by atoms with Crippen LogP contribution in [0.5, 0.6) is 0 Å². The van der Waals surface area contributed by atoms with Crippen molar-refractivity contribution in [1.29, 1.82) is 0 Å². The molecule has 2 heteroatoms. The summed E-state index contributed by atoms with van der Waals surface area (Å²) in [7, 11) is -2.49. The second-order valence-corrected chi connectivity index (χ2v) is 18.6. The van der Waals surface area contributed by atoms with Crippen LogP contribution in [0.15, 0.2) is 48.5 Å². The van der Waals surface area contributed by atoms with Crippen LogP contribution in [0.1, 0.15) is 0 Å². The summed E-state index contributed by atoms with van der Waals surface area (Å²) in [6.07, 6.45) is 0. The second-order valence-electron chi connectivity index (χ2n) is 8.48. The predicted molar refractivity (Wildman–Crippen MR) is 107 cm³/mol. The van der Waals surface area contributed by atoms with Crippen molar-refractivity contribution < 1.29 is 0 Å². The van der Waals surface area contributed by atoms with Gasteiger partial charge < -0.3 is 0 Å². The van der Waals surface area contributed by atoms with Crippen LogP contribution in [0.4, 0.5) is 0 Å². The van der Waals surface area contributed by atoms with Gasteiger partial charge in [-0.25, -0.2) is 0 Å². The minimum absolute atomic E-state index is 1.25. The van der Waals surface area contributed by atoms with Crippen molar-refractivity contribution in [3.05, 3.63) is 48.5 Å². The molecule has 0 saturated carbocycles. The minimum atomic E-state index is -1.25. The first kappa shape index (κ1) is 15.5. The third-order valence-electron chi connectivity index (χ3n) is 4.53. The summed E-state index contributed by atoms with van der Waals surface area (Å²) in [6, 6.07) is 18.8. The van der Waals surface area contributed by atoms with Gasteiger partial charge in [-0.3, -0.25) is 0 Å². The van der Waals surface area contributed by atoms with Crippen LogP contribution in [0.3, 0.4) is 0 Å². The van der Waals surface area contributed by atoms with Crippen LogP contribution >= 0.6 is 0 Å². The molecule has 3 aromatic carbocycles. The van der Waals surface area contributed by atoms with E-state index in [-0.39, 0.29) is 0 Å². The molecule has 0 N–H and O–H groups in total. The fourth-order valence-corrected chi connectivity index (χ4v) is 5.27. The molecule has 114 valence electrons. The highest BCUT2D eigenvalue weighted by Gasteiger charge is 2.18. The quantitative estimate of drug-likeness (QED) is 0.456. The van der Waals surface area contributed by atoms with E-state index in [0.717, 1.165) is 0 Å². The zero-order chi connectivity index (χ0) is 16.1. The van der Waals surface area contributed by atoms with Crippen molar-refractivity contribution in [1.82, 2.24) is 0 Å². The van der Waals surface area contributed by atoms with Gasteiger partial charge in [-0.15, -0.1) is 0 Å². The van der Waals surface area contributed by atoms with Crippen LogP contribution in [-0.4, -0.2) is 16.1 Å². The fraction of sp³-hybridized carbons (Fsp3) is 0.300. The Morgan fingerprint density at radius 3 is 1.14 bits per heavy atom. The molecule has 0 aliphatic heterocycles. The van der Waals surface area contributed by atoms with Crippen molar-refractivity contribution >= 4 is 48.1 Å². The molecule has 22 heavy (non-hydrogen) atoms. The summed E-state index contributed by atoms with van der Waals surface area (Å²) in [6.45, 7) is 14.5. The van der Waals surface area contributed by atoms with E-state index in [9.17, 15) is 0 Å². The summed E-state index contributed by atoms with van der Waals surface area (Å²) >= 11 is 0. The molecule has 0 bridgehead atoms. The minimum Gasteiger partial charge on any atom is -0.0656 e. The zero-order valence-electron chi connectivity index (χ0n) is 14.6. The Morgan fingerprint density at radius 1 is 0.455 bits per heavy atom. The molecule has 0 unspecified atom stereocenters. The molecule has 0 amide bonds. The molecule has 0 aliphatic rings. The Morgan fingerprint density at radius 2 is 0.818 bits per heavy atom. The number of fused-ring (bicyclic) bond motifs is 2. The van der Waals surface area contributed by atoms with Gasteiger partial charge >= 0.3 is 0 Å². The Labute approximate surface area is 136 Å². The number of benzene rings is 3. The third kappa shape index (κ3) is 2.90. The first-order chi connectivity index (χ1) is 10.1. The first-order valence-corrected chi connectivity index (χ1v) is 15.1. The van der Waals surface area contributed by atoms with E-state index >= 15 is 0 Å². The molecular formula is C20H26Si2. The van der Waals surface area contributed by atoms with Crippen LogP contribution in [0.25, 0.3) is 21.5 Å². The summed E-state index contributed by atoms with van der Waals surface area (Å²) in [4.78, 5) is 0. The second kappa shape index (κ2) is 5.07. The van der Waals surface area contributed by atoms with Crippen molar-refractivity contribution in [3.8, 4) is 0 Å². The molecule has 0 aromatic heterocycles. The van der Waals surface area contributed by atoms with Gasteiger partial charge in [0.2, 0.25) is 0 Å². The number of hydrogen-bond acceptors (Lipinski definition) is 0. The van der Waals surface area contributed by atoms with E-state index < -0.39 is 16.1 Å². The number of rotatable bonds is 2. The Hall–Kier alpha value is -1.39. The van der Waals surface area contributed by atoms with Crippen LogP contribution < -0.4 is 10.4 Å². The highest BCUT2D eigenvalue weighted by atomic mass is 28.3. The molecule has 0 heterocycles. The molecule has 0 radical (unpaired) electrons. The normalized spacial score (nSPS) is 13.0. The molecule has 3 rings (SSSR count). The van der Waals surface area contributed by atoms with E-state index in [0.29, 0.717) is 0 Å². The van der Waals surface area contributed by atoms with Gasteiger partial charge in [-0.2, -0.15) is 0 Å². The van der Waals surface area contributed by atoms with Crippen LogP contribution in [0, 0.1) is 0 Å². The van der Waals surface area contributed by atoms with Gasteiger partial charge in [0.1, 0.15) is 0 Å². The Balaban J connectivity index is 2.22. The van der Waals surface area contributed by atoms with Crippen LogP contribution in [-0.2, 0) is 0 Å². The molecular weight excluding hydrogens is 296 g/mol. The number of hydrogen-bond donors (Lipinski definition) is 0. The summed E-state index contributed by atoms with van der Waals surface area (Å²) in [5.74, 6) is 0. The molecule has 0 nitrogen and oxygen atoms in total. The topological polar surface area (TPSA) is 0 Å². The Bertz CT molecular complexity index is 776. The van der Waals surface area contributed by atoms with Gasteiger partial charge in [0.05, 0.1) is 16.1 Å². The van der Waals surface area contributed by atoms with E-state index in [4.69, 9.17) is 0 Å². The molecule has 0 aliphatic carbocycles. The highest BCUT2D eigenvalue weighted by Crippen LogP contribution is 2.23. The van der Waals surface area contributed by atoms with E-state index in [1.165, 1.54) is 31.9 Å². The predicted octanol–water partition coefficient (Wildman–Crippen LogP) is 5.08. The highest BCUT2D eigenvalue weighted by molar-refractivity contribution is 6.89. The lowest BCUT2D eigenvalue weighted by atomic mass is 10.0. The van der Waals surface area contributed by atoms with Crippen molar-refractivity contribution in [2.45, 2.75) is 39.3 Å². The van der Waals surface area contributed by atoms with Gasteiger partial charge in [-0.05, 0) is 33.7 Å².